The molecular formula is C10H15N3O3. The van der Waals surface area contributed by atoms with Gasteiger partial charge in [-0.3, -0.25) is 0 Å². The molecule has 1 aromatic rings. The van der Waals surface area contributed by atoms with Gasteiger partial charge in [0.2, 0.25) is 0 Å². The molecule has 0 fully saturated rings. The summed E-state index contributed by atoms with van der Waals surface area (Å²) in [5.41, 5.74) is -0.0975. The molecule has 6 heteroatoms. The number of aliphatic hydroxyl groups is 1. The van der Waals surface area contributed by atoms with Crippen LogP contribution in [-0.4, -0.2) is 39.0 Å². The van der Waals surface area contributed by atoms with Crippen molar-refractivity contribution in [3.63, 3.8) is 0 Å². The van der Waals surface area contributed by atoms with E-state index in [1.54, 1.807) is 0 Å². The van der Waals surface area contributed by atoms with Crippen LogP contribution in [-0.2, 0) is 0 Å². The predicted molar refractivity (Wildman–Crippen MR) is 58.4 cm³/mol. The van der Waals surface area contributed by atoms with Gasteiger partial charge in [-0.05, 0) is 18.6 Å². The van der Waals surface area contributed by atoms with Gasteiger partial charge in [-0.15, -0.1) is 10.2 Å². The number of carboxylic acids is 1. The number of nitrogens with zero attached hydrogens (tertiary/aromatic N) is 2. The van der Waals surface area contributed by atoms with Crippen LogP contribution < -0.4 is 5.32 Å². The first kappa shape index (κ1) is 12.4. The van der Waals surface area contributed by atoms with Gasteiger partial charge in [0.25, 0.3) is 0 Å². The molecule has 0 aliphatic heterocycles. The Bertz CT molecular complexity index is 340. The highest BCUT2D eigenvalue weighted by Gasteiger charge is 2.06. The molecule has 0 amide bonds. The quantitative estimate of drug-likeness (QED) is 0.661. The number of rotatable bonds is 6. The van der Waals surface area contributed by atoms with Gasteiger partial charge >= 0.3 is 5.97 Å². The van der Waals surface area contributed by atoms with Crippen molar-refractivity contribution in [2.75, 3.05) is 11.9 Å². The Hall–Kier alpha value is -1.69. The standard InChI is InChI=1S/C10H15N3O3/c1-2-3-7(14)6-11-9-5-4-8(10(15)16)12-13-9/h4-5,7,14H,2-3,6H2,1H3,(H,11,13)(H,15,16). The minimum Gasteiger partial charge on any atom is -0.476 e. The summed E-state index contributed by atoms with van der Waals surface area (Å²) in [5, 5.41) is 28.1. The lowest BCUT2D eigenvalue weighted by Gasteiger charge is -2.10. The zero-order chi connectivity index (χ0) is 12.0. The first-order valence-corrected chi connectivity index (χ1v) is 5.12. The van der Waals surface area contributed by atoms with Gasteiger partial charge < -0.3 is 15.5 Å². The Labute approximate surface area is 93.3 Å². The third-order valence-corrected chi connectivity index (χ3v) is 2.02. The van der Waals surface area contributed by atoms with E-state index in [4.69, 9.17) is 5.11 Å². The normalized spacial score (nSPS) is 12.1. The highest BCUT2D eigenvalue weighted by molar-refractivity contribution is 5.85. The van der Waals surface area contributed by atoms with Crippen molar-refractivity contribution >= 4 is 11.8 Å². The highest BCUT2D eigenvalue weighted by Crippen LogP contribution is 2.03. The summed E-state index contributed by atoms with van der Waals surface area (Å²) in [6.07, 6.45) is 1.20. The minimum atomic E-state index is -1.11. The van der Waals surface area contributed by atoms with Crippen molar-refractivity contribution in [2.45, 2.75) is 25.9 Å². The second-order valence-electron chi connectivity index (χ2n) is 3.43. The Morgan fingerprint density at radius 1 is 1.50 bits per heavy atom. The van der Waals surface area contributed by atoms with Crippen molar-refractivity contribution in [2.24, 2.45) is 0 Å². The summed E-state index contributed by atoms with van der Waals surface area (Å²) in [5.74, 6) is -0.648. The molecule has 0 saturated heterocycles. The van der Waals surface area contributed by atoms with Gasteiger partial charge in [0, 0.05) is 6.54 Å². The van der Waals surface area contributed by atoms with Crippen molar-refractivity contribution in [3.8, 4) is 0 Å². The molecule has 0 spiro atoms. The molecule has 1 rings (SSSR count). The number of aromatic nitrogens is 2. The van der Waals surface area contributed by atoms with Crippen molar-refractivity contribution < 1.29 is 15.0 Å². The number of anilines is 1. The second-order valence-corrected chi connectivity index (χ2v) is 3.43. The van der Waals surface area contributed by atoms with Crippen LogP contribution in [0.4, 0.5) is 5.82 Å². The molecule has 1 unspecified atom stereocenters. The van der Waals surface area contributed by atoms with Crippen LogP contribution in [0.15, 0.2) is 12.1 Å². The third kappa shape index (κ3) is 3.82. The maximum absolute atomic E-state index is 10.5. The lowest BCUT2D eigenvalue weighted by molar-refractivity contribution is 0.0689. The Morgan fingerprint density at radius 3 is 2.75 bits per heavy atom. The van der Waals surface area contributed by atoms with E-state index in [1.165, 1.54) is 12.1 Å². The molecule has 0 saturated carbocycles. The molecule has 0 radical (unpaired) electrons. The fraction of sp³-hybridized carbons (Fsp3) is 0.500. The number of aliphatic hydroxyl groups excluding tert-OH is 1. The molecular weight excluding hydrogens is 210 g/mol. The number of nitrogens with one attached hydrogen (secondary N) is 1. The van der Waals surface area contributed by atoms with E-state index in [0.29, 0.717) is 18.8 Å². The van der Waals surface area contributed by atoms with Gasteiger partial charge in [0.05, 0.1) is 6.10 Å². The monoisotopic (exact) mass is 225 g/mol. The maximum Gasteiger partial charge on any atom is 0.356 e. The minimum absolute atomic E-state index is 0.0975. The van der Waals surface area contributed by atoms with E-state index in [0.717, 1.165) is 6.42 Å². The van der Waals surface area contributed by atoms with Crippen LogP contribution >= 0.6 is 0 Å². The number of carboxylic acid groups (broad SMARTS) is 1. The van der Waals surface area contributed by atoms with Crippen molar-refractivity contribution in [1.29, 1.82) is 0 Å². The van der Waals surface area contributed by atoms with E-state index in [2.05, 4.69) is 15.5 Å². The van der Waals surface area contributed by atoms with Crippen molar-refractivity contribution in [1.82, 2.24) is 10.2 Å². The number of carbonyl (C=O) groups is 1. The molecule has 1 aromatic heterocycles. The van der Waals surface area contributed by atoms with E-state index in [9.17, 15) is 9.90 Å². The Morgan fingerprint density at radius 2 is 2.25 bits per heavy atom. The highest BCUT2D eigenvalue weighted by atomic mass is 16.4. The molecule has 0 aliphatic rings. The van der Waals surface area contributed by atoms with Gasteiger partial charge in [-0.25, -0.2) is 4.79 Å². The molecule has 0 aromatic carbocycles. The number of hydrogen-bond acceptors (Lipinski definition) is 5. The second kappa shape index (κ2) is 6.02. The zero-order valence-electron chi connectivity index (χ0n) is 9.05. The summed E-state index contributed by atoms with van der Waals surface area (Å²) < 4.78 is 0. The lowest BCUT2D eigenvalue weighted by atomic mass is 10.2. The summed E-state index contributed by atoms with van der Waals surface area (Å²) in [6.45, 7) is 2.37. The first-order chi connectivity index (χ1) is 7.63. The van der Waals surface area contributed by atoms with E-state index in [-0.39, 0.29) is 5.69 Å². The summed E-state index contributed by atoms with van der Waals surface area (Å²) >= 11 is 0. The fourth-order valence-corrected chi connectivity index (χ4v) is 1.20. The van der Waals surface area contributed by atoms with Gasteiger partial charge in [0.15, 0.2) is 5.69 Å². The lowest BCUT2D eigenvalue weighted by Crippen LogP contribution is -2.19. The summed E-state index contributed by atoms with van der Waals surface area (Å²) in [4.78, 5) is 10.5. The molecule has 88 valence electrons. The largest absolute Gasteiger partial charge is 0.476 e. The SMILES string of the molecule is CCCC(O)CNc1ccc(C(=O)O)nn1. The van der Waals surface area contributed by atoms with Crippen molar-refractivity contribution in [3.05, 3.63) is 17.8 Å². The summed E-state index contributed by atoms with van der Waals surface area (Å²) in [7, 11) is 0. The van der Waals surface area contributed by atoms with Crippen LogP contribution in [0.1, 0.15) is 30.3 Å². The average Bonchev–Trinajstić information content (AvgIpc) is 2.27. The van der Waals surface area contributed by atoms with Crippen LogP contribution in [0.25, 0.3) is 0 Å². The zero-order valence-corrected chi connectivity index (χ0v) is 9.05. The smallest absolute Gasteiger partial charge is 0.356 e. The van der Waals surface area contributed by atoms with E-state index < -0.39 is 12.1 Å². The van der Waals surface area contributed by atoms with Crippen LogP contribution in [0, 0.1) is 0 Å². The molecule has 0 aliphatic carbocycles. The third-order valence-electron chi connectivity index (χ3n) is 2.02. The average molecular weight is 225 g/mol. The van der Waals surface area contributed by atoms with E-state index in [1.807, 2.05) is 6.92 Å². The molecule has 3 N–H and O–H groups in total. The maximum atomic E-state index is 10.5. The molecule has 16 heavy (non-hydrogen) atoms. The fourth-order valence-electron chi connectivity index (χ4n) is 1.20. The van der Waals surface area contributed by atoms with Crippen LogP contribution in [0.2, 0.25) is 0 Å². The number of hydrogen-bond donors (Lipinski definition) is 3. The van der Waals surface area contributed by atoms with Gasteiger partial charge in [-0.1, -0.05) is 13.3 Å². The molecule has 1 atom stereocenters. The van der Waals surface area contributed by atoms with E-state index >= 15 is 0 Å². The first-order valence-electron chi connectivity index (χ1n) is 5.12. The Balaban J connectivity index is 2.46. The van der Waals surface area contributed by atoms with Crippen LogP contribution in [0.3, 0.4) is 0 Å². The summed E-state index contributed by atoms with van der Waals surface area (Å²) in [6, 6.07) is 2.89. The van der Waals surface area contributed by atoms with Gasteiger partial charge in [-0.2, -0.15) is 0 Å². The van der Waals surface area contributed by atoms with Crippen LogP contribution in [0.5, 0.6) is 0 Å². The Kier molecular flexibility index (Phi) is 4.65. The molecule has 6 nitrogen and oxygen atoms in total. The predicted octanol–water partition coefficient (Wildman–Crippen LogP) is 0.748. The van der Waals surface area contributed by atoms with Gasteiger partial charge in [0.1, 0.15) is 5.82 Å². The topological polar surface area (TPSA) is 95.3 Å². The molecule has 0 bridgehead atoms. The molecule has 1 heterocycles. The number of aromatic carboxylic acids is 1.